The number of amides is 1. The molecule has 132 valence electrons. The van der Waals surface area contributed by atoms with Crippen LogP contribution < -0.4 is 5.32 Å². The van der Waals surface area contributed by atoms with E-state index in [4.69, 9.17) is 0 Å². The van der Waals surface area contributed by atoms with Crippen molar-refractivity contribution in [2.75, 3.05) is 0 Å². The van der Waals surface area contributed by atoms with Crippen LogP contribution in [0.25, 0.3) is 16.6 Å². The van der Waals surface area contributed by atoms with E-state index in [1.54, 1.807) is 6.07 Å². The minimum atomic E-state index is -0.318. The summed E-state index contributed by atoms with van der Waals surface area (Å²) >= 11 is 0. The first-order chi connectivity index (χ1) is 12.5. The van der Waals surface area contributed by atoms with Crippen molar-refractivity contribution in [3.63, 3.8) is 0 Å². The van der Waals surface area contributed by atoms with Gasteiger partial charge in [-0.2, -0.15) is 0 Å². The number of H-pyrrole nitrogens is 1. The Hall–Kier alpha value is -3.22. The zero-order valence-electron chi connectivity index (χ0n) is 14.5. The van der Waals surface area contributed by atoms with E-state index in [1.807, 2.05) is 42.6 Å². The number of fused-ring (bicyclic) bond motifs is 2. The van der Waals surface area contributed by atoms with Crippen LogP contribution in [0.2, 0.25) is 0 Å². The first-order valence-corrected chi connectivity index (χ1v) is 8.38. The highest BCUT2D eigenvalue weighted by atomic mass is 19.1. The van der Waals surface area contributed by atoms with E-state index in [-0.39, 0.29) is 24.2 Å². The lowest BCUT2D eigenvalue weighted by molar-refractivity contribution is -0.121. The van der Waals surface area contributed by atoms with E-state index in [9.17, 15) is 9.18 Å². The lowest BCUT2D eigenvalue weighted by Gasteiger charge is -2.12. The average Bonchev–Trinajstić information content (AvgIpc) is 3.17. The number of hydrogen-bond acceptors (Lipinski definition) is 3. The van der Waals surface area contributed by atoms with Crippen molar-refractivity contribution in [2.24, 2.45) is 0 Å². The summed E-state index contributed by atoms with van der Waals surface area (Å²) in [6.45, 7) is 3.75. The van der Waals surface area contributed by atoms with Crippen molar-refractivity contribution in [3.05, 3.63) is 65.5 Å². The summed E-state index contributed by atoms with van der Waals surface area (Å²) < 4.78 is 15.4. The molecule has 1 unspecified atom stereocenters. The summed E-state index contributed by atoms with van der Waals surface area (Å²) in [4.78, 5) is 15.7. The Morgan fingerprint density at radius 3 is 3.00 bits per heavy atom. The Kier molecular flexibility index (Phi) is 3.91. The van der Waals surface area contributed by atoms with Gasteiger partial charge in [0, 0.05) is 22.8 Å². The number of rotatable bonds is 4. The van der Waals surface area contributed by atoms with Crippen molar-refractivity contribution in [3.8, 4) is 0 Å². The SMILES string of the molecule is Cc1[nH]c2ccc(F)cc2c1CC(=O)NC(C)c1nnc2ccccn12. The highest BCUT2D eigenvalue weighted by molar-refractivity contribution is 5.90. The Morgan fingerprint density at radius 2 is 2.15 bits per heavy atom. The number of carbonyl (C=O) groups excluding carboxylic acids is 1. The molecule has 0 spiro atoms. The van der Waals surface area contributed by atoms with Gasteiger partial charge in [0.15, 0.2) is 11.5 Å². The van der Waals surface area contributed by atoms with Gasteiger partial charge in [0.05, 0.1) is 12.5 Å². The zero-order chi connectivity index (χ0) is 18.3. The van der Waals surface area contributed by atoms with Gasteiger partial charge < -0.3 is 10.3 Å². The van der Waals surface area contributed by atoms with E-state index in [0.717, 1.165) is 27.8 Å². The zero-order valence-corrected chi connectivity index (χ0v) is 14.5. The monoisotopic (exact) mass is 351 g/mol. The lowest BCUT2D eigenvalue weighted by atomic mass is 10.1. The first kappa shape index (κ1) is 16.3. The number of pyridine rings is 1. The molecule has 0 saturated heterocycles. The van der Waals surface area contributed by atoms with Crippen molar-refractivity contribution in [1.82, 2.24) is 24.9 Å². The molecular formula is C19H18FN5O. The molecule has 0 aliphatic carbocycles. The van der Waals surface area contributed by atoms with Crippen molar-refractivity contribution < 1.29 is 9.18 Å². The molecule has 0 aliphatic rings. The maximum Gasteiger partial charge on any atom is 0.225 e. The van der Waals surface area contributed by atoms with E-state index in [2.05, 4.69) is 20.5 Å². The molecule has 7 heteroatoms. The fourth-order valence-electron chi connectivity index (χ4n) is 3.26. The number of hydrogen-bond donors (Lipinski definition) is 2. The van der Waals surface area contributed by atoms with Crippen LogP contribution >= 0.6 is 0 Å². The van der Waals surface area contributed by atoms with Crippen molar-refractivity contribution in [1.29, 1.82) is 0 Å². The quantitative estimate of drug-likeness (QED) is 0.593. The molecule has 1 amide bonds. The largest absolute Gasteiger partial charge is 0.358 e. The van der Waals surface area contributed by atoms with Gasteiger partial charge in [-0.25, -0.2) is 4.39 Å². The predicted molar refractivity (Wildman–Crippen MR) is 96.2 cm³/mol. The summed E-state index contributed by atoms with van der Waals surface area (Å²) in [5.41, 5.74) is 3.21. The summed E-state index contributed by atoms with van der Waals surface area (Å²) in [6.07, 6.45) is 2.02. The number of benzene rings is 1. The summed E-state index contributed by atoms with van der Waals surface area (Å²) in [6, 6.07) is 9.87. The topological polar surface area (TPSA) is 75.1 Å². The molecule has 0 aliphatic heterocycles. The highest BCUT2D eigenvalue weighted by Gasteiger charge is 2.18. The Bertz CT molecular complexity index is 1110. The van der Waals surface area contributed by atoms with Gasteiger partial charge in [-0.05, 0) is 49.7 Å². The molecule has 0 radical (unpaired) electrons. The number of nitrogens with one attached hydrogen (secondary N) is 2. The van der Waals surface area contributed by atoms with Gasteiger partial charge in [0.1, 0.15) is 5.82 Å². The summed E-state index contributed by atoms with van der Waals surface area (Å²) in [5.74, 6) is 0.190. The molecule has 1 atom stereocenters. The molecule has 3 heterocycles. The molecule has 26 heavy (non-hydrogen) atoms. The molecule has 6 nitrogen and oxygen atoms in total. The van der Waals surface area contributed by atoms with Crippen LogP contribution in [-0.2, 0) is 11.2 Å². The van der Waals surface area contributed by atoms with Gasteiger partial charge in [-0.3, -0.25) is 9.20 Å². The second kappa shape index (κ2) is 6.25. The maximum absolute atomic E-state index is 13.6. The average molecular weight is 351 g/mol. The molecule has 3 aromatic heterocycles. The number of carbonyl (C=O) groups is 1. The van der Waals surface area contributed by atoms with Crippen LogP contribution in [0, 0.1) is 12.7 Å². The number of aromatic nitrogens is 4. The van der Waals surface area contributed by atoms with E-state index < -0.39 is 0 Å². The first-order valence-electron chi connectivity index (χ1n) is 8.38. The van der Waals surface area contributed by atoms with E-state index >= 15 is 0 Å². The van der Waals surface area contributed by atoms with Crippen LogP contribution in [0.5, 0.6) is 0 Å². The molecule has 4 rings (SSSR count). The molecule has 0 fully saturated rings. The predicted octanol–water partition coefficient (Wildman–Crippen LogP) is 3.08. The third-order valence-corrected chi connectivity index (χ3v) is 4.52. The second-order valence-corrected chi connectivity index (χ2v) is 6.37. The second-order valence-electron chi connectivity index (χ2n) is 6.37. The molecule has 1 aromatic carbocycles. The third kappa shape index (κ3) is 2.81. The molecule has 0 saturated carbocycles. The Balaban J connectivity index is 1.56. The minimum Gasteiger partial charge on any atom is -0.358 e. The van der Waals surface area contributed by atoms with Crippen molar-refractivity contribution >= 4 is 22.5 Å². The Labute approximate surface area is 149 Å². The number of nitrogens with zero attached hydrogens (tertiary/aromatic N) is 3. The van der Waals surface area contributed by atoms with E-state index in [1.165, 1.54) is 12.1 Å². The number of halogens is 1. The smallest absolute Gasteiger partial charge is 0.225 e. The molecule has 4 aromatic rings. The van der Waals surface area contributed by atoms with Crippen LogP contribution in [0.4, 0.5) is 4.39 Å². The van der Waals surface area contributed by atoms with Crippen LogP contribution in [0.15, 0.2) is 42.6 Å². The maximum atomic E-state index is 13.6. The number of aryl methyl sites for hydroxylation is 1. The third-order valence-electron chi connectivity index (χ3n) is 4.52. The van der Waals surface area contributed by atoms with Gasteiger partial charge in [0.2, 0.25) is 5.91 Å². The van der Waals surface area contributed by atoms with Gasteiger partial charge in [-0.15, -0.1) is 10.2 Å². The fraction of sp³-hybridized carbons (Fsp3) is 0.211. The van der Waals surface area contributed by atoms with Crippen LogP contribution in [0.1, 0.15) is 30.0 Å². The fourth-order valence-corrected chi connectivity index (χ4v) is 3.26. The molecule has 2 N–H and O–H groups in total. The van der Waals surface area contributed by atoms with Gasteiger partial charge >= 0.3 is 0 Å². The van der Waals surface area contributed by atoms with E-state index in [0.29, 0.717) is 5.82 Å². The summed E-state index contributed by atoms with van der Waals surface area (Å²) in [7, 11) is 0. The van der Waals surface area contributed by atoms with Crippen LogP contribution in [-0.4, -0.2) is 25.5 Å². The van der Waals surface area contributed by atoms with Gasteiger partial charge in [-0.1, -0.05) is 6.07 Å². The standard InChI is InChI=1S/C19H18FN5O/c1-11-14(15-9-13(20)6-7-16(15)21-11)10-18(26)22-12(2)19-24-23-17-5-3-4-8-25(17)19/h3-9,12,21H,10H2,1-2H3,(H,22,26). The Morgan fingerprint density at radius 1 is 1.31 bits per heavy atom. The van der Waals surface area contributed by atoms with Crippen LogP contribution in [0.3, 0.4) is 0 Å². The molecule has 0 bridgehead atoms. The minimum absolute atomic E-state index is 0.154. The molecular weight excluding hydrogens is 333 g/mol. The summed E-state index contributed by atoms with van der Waals surface area (Å²) in [5, 5.41) is 12.0. The lowest BCUT2D eigenvalue weighted by Crippen LogP contribution is -2.29. The van der Waals surface area contributed by atoms with Gasteiger partial charge in [0.25, 0.3) is 0 Å². The number of aromatic amines is 1. The van der Waals surface area contributed by atoms with Crippen molar-refractivity contribution in [2.45, 2.75) is 26.3 Å². The highest BCUT2D eigenvalue weighted by Crippen LogP contribution is 2.24. The normalized spacial score (nSPS) is 12.6.